The van der Waals surface area contributed by atoms with Gasteiger partial charge in [-0.2, -0.15) is 0 Å². The molecule has 0 bridgehead atoms. The molecule has 33 heavy (non-hydrogen) atoms. The Kier molecular flexibility index (Phi) is 6.00. The number of nitrogens with zero attached hydrogens (tertiary/aromatic N) is 1. The van der Waals surface area contributed by atoms with Gasteiger partial charge in [-0.3, -0.25) is 9.59 Å². The number of thioether (sulfide) groups is 1. The predicted octanol–water partition coefficient (Wildman–Crippen LogP) is 1.39. The third-order valence-corrected chi connectivity index (χ3v) is 7.87. The molecular weight excluding hydrogens is 446 g/mol. The Hall–Kier alpha value is -2.85. The number of carbonyl (C=O) groups excluding carboxylic acids is 4. The first kappa shape index (κ1) is 23.3. The maximum atomic E-state index is 13.1. The average molecular weight is 474 g/mol. The van der Waals surface area contributed by atoms with Crippen LogP contribution in [0.4, 0.5) is 0 Å². The molecule has 3 aliphatic rings. The number of rotatable bonds is 6. The number of β-lactam (4-membered cyclic amide) rings is 1. The highest BCUT2D eigenvalue weighted by molar-refractivity contribution is 8.01. The van der Waals surface area contributed by atoms with Gasteiger partial charge >= 0.3 is 11.9 Å². The molecule has 2 amide bonds. The van der Waals surface area contributed by atoms with E-state index in [4.69, 9.17) is 15.2 Å². The lowest BCUT2D eigenvalue weighted by atomic mass is 9.95. The Balaban J connectivity index is 1.45. The van der Waals surface area contributed by atoms with E-state index in [1.54, 1.807) is 31.2 Å². The summed E-state index contributed by atoms with van der Waals surface area (Å²) in [5.41, 5.74) is 7.74. The Bertz CT molecular complexity index is 1040. The second kappa shape index (κ2) is 8.49. The molecule has 3 N–H and O–H groups in total. The number of benzene rings is 1. The van der Waals surface area contributed by atoms with E-state index in [0.717, 1.165) is 0 Å². The second-order valence-corrected chi connectivity index (χ2v) is 10.6. The van der Waals surface area contributed by atoms with Crippen LogP contribution in [-0.4, -0.2) is 57.1 Å². The lowest BCUT2D eigenvalue weighted by Crippen LogP contribution is -2.71. The molecule has 2 fully saturated rings. The highest BCUT2D eigenvalue weighted by Gasteiger charge is 2.65. The smallest absolute Gasteiger partial charge is 0.337 e. The number of cyclic esters (lactones) is 1. The highest BCUT2D eigenvalue weighted by atomic mass is 32.2. The van der Waals surface area contributed by atoms with Crippen LogP contribution in [0.2, 0.25) is 0 Å². The van der Waals surface area contributed by atoms with Crippen LogP contribution in [0.15, 0.2) is 41.5 Å². The predicted molar refractivity (Wildman–Crippen MR) is 120 cm³/mol. The van der Waals surface area contributed by atoms with Gasteiger partial charge in [0, 0.05) is 15.9 Å². The Morgan fingerprint density at radius 2 is 1.94 bits per heavy atom. The summed E-state index contributed by atoms with van der Waals surface area (Å²) in [5, 5.41) is 2.30. The summed E-state index contributed by atoms with van der Waals surface area (Å²) in [6, 6.07) is 6.31. The minimum absolute atomic E-state index is 0.375. The molecule has 0 saturated carbocycles. The SMILES string of the molecule is CCC1=C(C)C(=O)OC1OC(=O)[C@@H]1N2C(=O)[C@@H](NC(=O)C(N)c3ccccc3)[C@H]2SC1(C)C. The largest absolute Gasteiger partial charge is 0.419 e. The van der Waals surface area contributed by atoms with Crippen LogP contribution in [0.5, 0.6) is 0 Å². The van der Waals surface area contributed by atoms with Gasteiger partial charge in [0.15, 0.2) is 0 Å². The summed E-state index contributed by atoms with van der Waals surface area (Å²) < 4.78 is 10.0. The maximum absolute atomic E-state index is 13.1. The van der Waals surface area contributed by atoms with Crippen molar-refractivity contribution in [2.75, 3.05) is 0 Å². The Morgan fingerprint density at radius 1 is 1.27 bits per heavy atom. The standard InChI is InChI=1S/C23H27N3O6S/c1-5-13-11(2)20(29)31-22(13)32-21(30)16-23(3,4)33-19-15(18(28)26(16)19)25-17(27)14(24)12-9-7-6-8-10-12/h6-10,14-16,19,22H,5,24H2,1-4H3,(H,25,27)/t14?,15-,16+,19-,22?/m1/s1. The molecule has 10 heteroatoms. The molecule has 0 spiro atoms. The first-order valence-electron chi connectivity index (χ1n) is 10.8. The van der Waals surface area contributed by atoms with Gasteiger partial charge in [-0.25, -0.2) is 9.59 Å². The number of nitrogens with two attached hydrogens (primary N) is 1. The van der Waals surface area contributed by atoms with Crippen molar-refractivity contribution in [2.24, 2.45) is 5.73 Å². The van der Waals surface area contributed by atoms with E-state index in [-0.39, 0.29) is 5.91 Å². The lowest BCUT2D eigenvalue weighted by Gasteiger charge is -2.44. The quantitative estimate of drug-likeness (QED) is 0.469. The van der Waals surface area contributed by atoms with Gasteiger partial charge in [0.2, 0.25) is 11.8 Å². The van der Waals surface area contributed by atoms with Gasteiger partial charge in [0.25, 0.3) is 6.29 Å². The lowest BCUT2D eigenvalue weighted by molar-refractivity contribution is -0.183. The fraction of sp³-hybridized carbons (Fsp3) is 0.478. The van der Waals surface area contributed by atoms with Crippen molar-refractivity contribution in [3.8, 4) is 0 Å². The molecule has 1 aromatic carbocycles. The average Bonchev–Trinajstić information content (AvgIpc) is 3.20. The molecule has 1 aromatic rings. The summed E-state index contributed by atoms with van der Waals surface area (Å²) in [7, 11) is 0. The molecule has 2 saturated heterocycles. The van der Waals surface area contributed by atoms with Gasteiger partial charge in [-0.15, -0.1) is 11.8 Å². The van der Waals surface area contributed by atoms with E-state index in [9.17, 15) is 19.2 Å². The van der Waals surface area contributed by atoms with E-state index >= 15 is 0 Å². The summed E-state index contributed by atoms with van der Waals surface area (Å²) in [6.45, 7) is 7.16. The summed E-state index contributed by atoms with van der Waals surface area (Å²) in [6.07, 6.45) is -0.579. The molecule has 2 unspecified atom stereocenters. The van der Waals surface area contributed by atoms with Crippen LogP contribution < -0.4 is 11.1 Å². The zero-order valence-corrected chi connectivity index (χ0v) is 19.7. The van der Waals surface area contributed by atoms with E-state index in [1.165, 1.54) is 16.7 Å². The number of esters is 2. The number of hydrogen-bond acceptors (Lipinski definition) is 8. The molecule has 4 rings (SSSR count). The molecule has 0 radical (unpaired) electrons. The zero-order chi connectivity index (χ0) is 24.1. The fourth-order valence-corrected chi connectivity index (χ4v) is 6.06. The molecule has 176 valence electrons. The fourth-order valence-electron chi connectivity index (χ4n) is 4.44. The number of ether oxygens (including phenoxy) is 2. The number of nitrogens with one attached hydrogen (secondary N) is 1. The zero-order valence-electron chi connectivity index (χ0n) is 18.9. The third-order valence-electron chi connectivity index (χ3n) is 6.29. The number of amides is 2. The topological polar surface area (TPSA) is 128 Å². The normalized spacial score (nSPS) is 28.7. The van der Waals surface area contributed by atoms with Crippen LogP contribution in [0, 0.1) is 0 Å². The van der Waals surface area contributed by atoms with Gasteiger partial charge < -0.3 is 25.4 Å². The molecular formula is C23H27N3O6S. The molecule has 9 nitrogen and oxygen atoms in total. The van der Waals surface area contributed by atoms with Crippen molar-refractivity contribution in [1.29, 1.82) is 0 Å². The summed E-state index contributed by atoms with van der Waals surface area (Å²) in [4.78, 5) is 52.0. The van der Waals surface area contributed by atoms with Crippen LogP contribution >= 0.6 is 11.8 Å². The second-order valence-electron chi connectivity index (χ2n) is 8.81. The number of fused-ring (bicyclic) bond motifs is 1. The van der Waals surface area contributed by atoms with Gasteiger partial charge in [0.1, 0.15) is 23.5 Å². The third kappa shape index (κ3) is 3.91. The molecule has 3 heterocycles. The van der Waals surface area contributed by atoms with Crippen molar-refractivity contribution in [3.05, 3.63) is 47.0 Å². The Morgan fingerprint density at radius 3 is 2.58 bits per heavy atom. The van der Waals surface area contributed by atoms with Crippen molar-refractivity contribution in [2.45, 2.75) is 68.7 Å². The van der Waals surface area contributed by atoms with Crippen LogP contribution in [0.1, 0.15) is 45.7 Å². The summed E-state index contributed by atoms with van der Waals surface area (Å²) in [5.74, 6) is -2.00. The van der Waals surface area contributed by atoms with E-state index in [2.05, 4.69) is 5.32 Å². The van der Waals surface area contributed by atoms with Crippen molar-refractivity contribution in [1.82, 2.24) is 10.2 Å². The highest BCUT2D eigenvalue weighted by Crippen LogP contribution is 2.51. The van der Waals surface area contributed by atoms with Gasteiger partial charge in [-0.1, -0.05) is 37.3 Å². The number of hydrogen-bond donors (Lipinski definition) is 2. The molecule has 3 aliphatic heterocycles. The van der Waals surface area contributed by atoms with E-state index < -0.39 is 52.4 Å². The van der Waals surface area contributed by atoms with Crippen molar-refractivity contribution in [3.63, 3.8) is 0 Å². The monoisotopic (exact) mass is 473 g/mol. The van der Waals surface area contributed by atoms with Gasteiger partial charge in [-0.05, 0) is 32.8 Å². The van der Waals surface area contributed by atoms with Crippen LogP contribution in [0.3, 0.4) is 0 Å². The van der Waals surface area contributed by atoms with E-state index in [0.29, 0.717) is 23.1 Å². The Labute approximate surface area is 196 Å². The van der Waals surface area contributed by atoms with Crippen LogP contribution in [-0.2, 0) is 28.7 Å². The first-order valence-corrected chi connectivity index (χ1v) is 11.7. The summed E-state index contributed by atoms with van der Waals surface area (Å²) >= 11 is 1.41. The van der Waals surface area contributed by atoms with Crippen LogP contribution in [0.25, 0.3) is 0 Å². The van der Waals surface area contributed by atoms with Gasteiger partial charge in [0.05, 0.1) is 0 Å². The van der Waals surface area contributed by atoms with Crippen molar-refractivity contribution >= 4 is 35.5 Å². The minimum atomic E-state index is -1.08. The van der Waals surface area contributed by atoms with Crippen molar-refractivity contribution < 1.29 is 28.7 Å². The minimum Gasteiger partial charge on any atom is -0.419 e. The number of carbonyl (C=O) groups is 4. The first-order chi connectivity index (χ1) is 15.6. The van der Waals surface area contributed by atoms with E-state index in [1.807, 2.05) is 26.8 Å². The molecule has 0 aromatic heterocycles. The molecule has 5 atom stereocenters. The molecule has 0 aliphatic carbocycles. The maximum Gasteiger partial charge on any atom is 0.337 e.